The zero-order chi connectivity index (χ0) is 21.0. The molecule has 1 N–H and O–H groups in total. The molecule has 2 aliphatic rings. The first-order valence-corrected chi connectivity index (χ1v) is 11.1. The molecule has 1 unspecified atom stereocenters. The van der Waals surface area contributed by atoms with E-state index in [-0.39, 0.29) is 11.8 Å². The Balaban J connectivity index is 1.14. The van der Waals surface area contributed by atoms with Gasteiger partial charge in [0.1, 0.15) is 5.52 Å². The standard InChI is InChI=1S/C24H28N6O/c31-24(27-10-13-29-12-7-18-4-1-2-5-19(18)16-29)20-6-3-11-30(17-20)21-14-22-23(28-15-21)26-9-8-25-22/h1-2,4-5,8-9,14-15,20H,3,6-7,10-13,16-17H2,(H,27,31). The van der Waals surface area contributed by atoms with Crippen LogP contribution in [0.3, 0.4) is 0 Å². The van der Waals surface area contributed by atoms with Crippen molar-refractivity contribution in [1.29, 1.82) is 0 Å². The molecule has 7 nitrogen and oxygen atoms in total. The monoisotopic (exact) mass is 416 g/mol. The summed E-state index contributed by atoms with van der Waals surface area (Å²) in [5, 5.41) is 3.18. The lowest BCUT2D eigenvalue weighted by Crippen LogP contribution is -2.45. The van der Waals surface area contributed by atoms with Crippen LogP contribution in [0.25, 0.3) is 11.2 Å². The van der Waals surface area contributed by atoms with E-state index in [2.05, 4.69) is 54.3 Å². The highest BCUT2D eigenvalue weighted by Gasteiger charge is 2.26. The van der Waals surface area contributed by atoms with Crippen molar-refractivity contribution >= 4 is 22.8 Å². The van der Waals surface area contributed by atoms with Gasteiger partial charge in [0, 0.05) is 51.7 Å². The minimum atomic E-state index is 0.00777. The van der Waals surface area contributed by atoms with Crippen LogP contribution >= 0.6 is 0 Å². The SMILES string of the molecule is O=C(NCCN1CCc2ccccc2C1)C1CCCN(c2cnc3nccnc3c2)C1. The molecule has 0 saturated carbocycles. The Hall–Kier alpha value is -3.06. The number of fused-ring (bicyclic) bond motifs is 2. The minimum absolute atomic E-state index is 0.00777. The third-order valence-electron chi connectivity index (χ3n) is 6.40. The number of rotatable bonds is 5. The van der Waals surface area contributed by atoms with Crippen LogP contribution in [0.4, 0.5) is 5.69 Å². The summed E-state index contributed by atoms with van der Waals surface area (Å²) in [6.07, 6.45) is 8.19. The molecule has 1 aromatic carbocycles. The number of hydrogen-bond acceptors (Lipinski definition) is 6. The molecule has 7 heteroatoms. The molecule has 1 fully saturated rings. The summed E-state index contributed by atoms with van der Waals surface area (Å²) in [6, 6.07) is 10.7. The zero-order valence-corrected chi connectivity index (χ0v) is 17.7. The fourth-order valence-corrected chi connectivity index (χ4v) is 4.67. The number of aromatic nitrogens is 3. The smallest absolute Gasteiger partial charge is 0.224 e. The highest BCUT2D eigenvalue weighted by Crippen LogP contribution is 2.24. The van der Waals surface area contributed by atoms with Gasteiger partial charge in [0.15, 0.2) is 5.65 Å². The Labute approximate surface area is 182 Å². The summed E-state index contributed by atoms with van der Waals surface area (Å²) < 4.78 is 0. The van der Waals surface area contributed by atoms with Crippen molar-refractivity contribution in [2.24, 2.45) is 5.92 Å². The van der Waals surface area contributed by atoms with Crippen molar-refractivity contribution in [1.82, 2.24) is 25.2 Å². The second-order valence-electron chi connectivity index (χ2n) is 8.46. The molecule has 31 heavy (non-hydrogen) atoms. The largest absolute Gasteiger partial charge is 0.369 e. The third kappa shape index (κ3) is 4.51. The van der Waals surface area contributed by atoms with Crippen molar-refractivity contribution in [3.8, 4) is 0 Å². The second-order valence-corrected chi connectivity index (χ2v) is 8.46. The minimum Gasteiger partial charge on any atom is -0.369 e. The molecule has 4 heterocycles. The van der Waals surface area contributed by atoms with Gasteiger partial charge in [-0.15, -0.1) is 0 Å². The normalized spacial score (nSPS) is 19.2. The number of pyridine rings is 1. The molecule has 5 rings (SSSR count). The molecule has 0 radical (unpaired) electrons. The number of benzene rings is 1. The van der Waals surface area contributed by atoms with Crippen molar-refractivity contribution in [3.63, 3.8) is 0 Å². The molecule has 1 atom stereocenters. The van der Waals surface area contributed by atoms with Gasteiger partial charge in [-0.3, -0.25) is 14.7 Å². The van der Waals surface area contributed by atoms with Crippen LogP contribution in [0.2, 0.25) is 0 Å². The molecular formula is C24H28N6O. The van der Waals surface area contributed by atoms with Gasteiger partial charge in [0.25, 0.3) is 0 Å². The van der Waals surface area contributed by atoms with Gasteiger partial charge in [-0.2, -0.15) is 0 Å². The van der Waals surface area contributed by atoms with Crippen LogP contribution in [0.15, 0.2) is 48.9 Å². The summed E-state index contributed by atoms with van der Waals surface area (Å²) >= 11 is 0. The fourth-order valence-electron chi connectivity index (χ4n) is 4.67. The fraction of sp³-hybridized carbons (Fsp3) is 0.417. The van der Waals surface area contributed by atoms with E-state index in [1.54, 1.807) is 12.4 Å². The Morgan fingerprint density at radius 3 is 2.90 bits per heavy atom. The first-order chi connectivity index (χ1) is 15.3. The molecule has 0 spiro atoms. The Morgan fingerprint density at radius 2 is 1.97 bits per heavy atom. The van der Waals surface area contributed by atoms with Crippen LogP contribution in [-0.4, -0.2) is 58.5 Å². The Morgan fingerprint density at radius 1 is 1.10 bits per heavy atom. The predicted molar refractivity (Wildman–Crippen MR) is 121 cm³/mol. The van der Waals surface area contributed by atoms with Crippen molar-refractivity contribution in [2.75, 3.05) is 37.6 Å². The van der Waals surface area contributed by atoms with Gasteiger partial charge < -0.3 is 10.2 Å². The van der Waals surface area contributed by atoms with Gasteiger partial charge in [-0.1, -0.05) is 24.3 Å². The molecule has 1 amide bonds. The summed E-state index contributed by atoms with van der Waals surface area (Å²) in [5.41, 5.74) is 5.32. The van der Waals surface area contributed by atoms with Crippen molar-refractivity contribution in [3.05, 3.63) is 60.0 Å². The average Bonchev–Trinajstić information content (AvgIpc) is 2.83. The van der Waals surface area contributed by atoms with Gasteiger partial charge in [-0.25, -0.2) is 9.97 Å². The zero-order valence-electron chi connectivity index (χ0n) is 17.7. The maximum absolute atomic E-state index is 12.8. The van der Waals surface area contributed by atoms with E-state index in [4.69, 9.17) is 0 Å². The van der Waals surface area contributed by atoms with Crippen LogP contribution in [-0.2, 0) is 17.8 Å². The highest BCUT2D eigenvalue weighted by atomic mass is 16.1. The number of piperidine rings is 1. The number of anilines is 1. The predicted octanol–water partition coefficient (Wildman–Crippen LogP) is 2.42. The number of hydrogen-bond donors (Lipinski definition) is 1. The van der Waals surface area contributed by atoms with Gasteiger partial charge >= 0.3 is 0 Å². The van der Waals surface area contributed by atoms with E-state index in [0.29, 0.717) is 12.2 Å². The number of carbonyl (C=O) groups is 1. The first kappa shape index (κ1) is 19.9. The lowest BCUT2D eigenvalue weighted by Gasteiger charge is -2.34. The molecule has 0 bridgehead atoms. The third-order valence-corrected chi connectivity index (χ3v) is 6.40. The maximum Gasteiger partial charge on any atom is 0.224 e. The van der Waals surface area contributed by atoms with Crippen LogP contribution in [0.5, 0.6) is 0 Å². The lowest BCUT2D eigenvalue weighted by molar-refractivity contribution is -0.125. The molecule has 2 aromatic heterocycles. The number of nitrogens with one attached hydrogen (secondary N) is 1. The second kappa shape index (κ2) is 8.98. The van der Waals surface area contributed by atoms with E-state index in [1.807, 2.05) is 12.3 Å². The molecular weight excluding hydrogens is 388 g/mol. The van der Waals surface area contributed by atoms with Crippen LogP contribution in [0, 0.1) is 5.92 Å². The number of carbonyl (C=O) groups excluding carboxylic acids is 1. The molecule has 3 aromatic rings. The Kier molecular flexibility index (Phi) is 5.76. The van der Waals surface area contributed by atoms with E-state index in [1.165, 1.54) is 11.1 Å². The summed E-state index contributed by atoms with van der Waals surface area (Å²) in [5.74, 6) is 0.170. The quantitative estimate of drug-likeness (QED) is 0.689. The number of amides is 1. The van der Waals surface area contributed by atoms with Gasteiger partial charge in [-0.05, 0) is 36.5 Å². The number of nitrogens with zero attached hydrogens (tertiary/aromatic N) is 5. The summed E-state index contributed by atoms with van der Waals surface area (Å²) in [7, 11) is 0. The van der Waals surface area contributed by atoms with Crippen molar-refractivity contribution < 1.29 is 4.79 Å². The van der Waals surface area contributed by atoms with Gasteiger partial charge in [0.05, 0.1) is 17.8 Å². The van der Waals surface area contributed by atoms with E-state index in [9.17, 15) is 4.79 Å². The molecule has 1 saturated heterocycles. The first-order valence-electron chi connectivity index (χ1n) is 11.1. The van der Waals surface area contributed by atoms with Crippen molar-refractivity contribution in [2.45, 2.75) is 25.8 Å². The molecule has 0 aliphatic carbocycles. The van der Waals surface area contributed by atoms with E-state index < -0.39 is 0 Å². The highest BCUT2D eigenvalue weighted by molar-refractivity contribution is 5.80. The summed E-state index contributed by atoms with van der Waals surface area (Å²) in [6.45, 7) is 5.28. The molecule has 2 aliphatic heterocycles. The topological polar surface area (TPSA) is 74.2 Å². The maximum atomic E-state index is 12.8. The Bertz CT molecular complexity index is 1070. The van der Waals surface area contributed by atoms with Gasteiger partial charge in [0.2, 0.25) is 5.91 Å². The lowest BCUT2D eigenvalue weighted by atomic mass is 9.96. The van der Waals surface area contributed by atoms with Crippen LogP contribution in [0.1, 0.15) is 24.0 Å². The van der Waals surface area contributed by atoms with E-state index >= 15 is 0 Å². The van der Waals surface area contributed by atoms with Crippen LogP contribution < -0.4 is 10.2 Å². The molecule has 160 valence electrons. The summed E-state index contributed by atoms with van der Waals surface area (Å²) in [4.78, 5) is 30.5. The average molecular weight is 417 g/mol. The van der Waals surface area contributed by atoms with E-state index in [0.717, 1.165) is 63.2 Å².